The Morgan fingerprint density at radius 2 is 1.96 bits per heavy atom. The minimum Gasteiger partial charge on any atom is -0.261 e. The van der Waals surface area contributed by atoms with Crippen molar-refractivity contribution in [1.29, 1.82) is 5.26 Å². The lowest BCUT2D eigenvalue weighted by molar-refractivity contribution is 1.24. The van der Waals surface area contributed by atoms with Gasteiger partial charge in [-0.1, -0.05) is 30.9 Å². The Bertz CT molecular complexity index is 1110. The highest BCUT2D eigenvalue weighted by Crippen LogP contribution is 2.36. The molecule has 24 heavy (non-hydrogen) atoms. The van der Waals surface area contributed by atoms with E-state index in [1.54, 1.807) is 30.4 Å². The zero-order chi connectivity index (χ0) is 16.5. The summed E-state index contributed by atoms with van der Waals surface area (Å²) in [6.45, 7) is 3.86. The molecular weight excluding hydrogens is 316 g/mol. The Kier molecular flexibility index (Phi) is 3.52. The second kappa shape index (κ2) is 5.84. The number of benzene rings is 1. The molecule has 5 heteroatoms. The van der Waals surface area contributed by atoms with E-state index in [0.717, 1.165) is 32.4 Å². The minimum atomic E-state index is 0.380. The molecular formula is C19H12N4S. The average molecular weight is 328 g/mol. The molecule has 0 aliphatic heterocycles. The quantitative estimate of drug-likeness (QED) is 0.549. The third-order valence-corrected chi connectivity index (χ3v) is 4.85. The maximum atomic E-state index is 9.34. The van der Waals surface area contributed by atoms with Crippen molar-refractivity contribution in [3.8, 4) is 6.07 Å². The van der Waals surface area contributed by atoms with Gasteiger partial charge >= 0.3 is 0 Å². The number of nitriles is 1. The van der Waals surface area contributed by atoms with E-state index in [2.05, 4.69) is 38.7 Å². The van der Waals surface area contributed by atoms with Gasteiger partial charge in [-0.25, -0.2) is 9.97 Å². The molecule has 0 unspecified atom stereocenters. The highest BCUT2D eigenvalue weighted by Gasteiger charge is 2.17. The maximum absolute atomic E-state index is 9.34. The second-order valence-corrected chi connectivity index (χ2v) is 6.19. The second-order valence-electron chi connectivity index (χ2n) is 5.17. The summed E-state index contributed by atoms with van der Waals surface area (Å²) in [5, 5.41) is 11.3. The van der Waals surface area contributed by atoms with Crippen LogP contribution >= 0.6 is 11.9 Å². The molecule has 0 N–H and O–H groups in total. The largest absolute Gasteiger partial charge is 0.261 e. The van der Waals surface area contributed by atoms with Crippen molar-refractivity contribution >= 4 is 40.0 Å². The number of nitrogens with zero attached hydrogens (tertiary/aromatic N) is 4. The van der Waals surface area contributed by atoms with Crippen molar-refractivity contribution in [1.82, 2.24) is 13.9 Å². The van der Waals surface area contributed by atoms with Crippen LogP contribution in [0.15, 0.2) is 66.3 Å². The summed E-state index contributed by atoms with van der Waals surface area (Å²) in [6.07, 6.45) is 5.20. The van der Waals surface area contributed by atoms with Gasteiger partial charge in [-0.2, -0.15) is 5.26 Å². The van der Waals surface area contributed by atoms with E-state index >= 15 is 0 Å². The molecule has 0 saturated heterocycles. The van der Waals surface area contributed by atoms with Crippen LogP contribution in [0.25, 0.3) is 28.0 Å². The minimum absolute atomic E-state index is 0.380. The molecule has 0 fully saturated rings. The molecule has 3 aromatic heterocycles. The molecule has 0 spiro atoms. The van der Waals surface area contributed by atoms with Gasteiger partial charge in [-0.15, -0.1) is 0 Å². The van der Waals surface area contributed by atoms with Gasteiger partial charge in [0.2, 0.25) is 0 Å². The fourth-order valence-corrected chi connectivity index (χ4v) is 3.75. The van der Waals surface area contributed by atoms with Gasteiger partial charge in [0.1, 0.15) is 11.8 Å². The lowest BCUT2D eigenvalue weighted by atomic mass is 10.1. The lowest BCUT2D eigenvalue weighted by Crippen LogP contribution is -1.92. The number of hydrogen-bond donors (Lipinski definition) is 0. The monoisotopic (exact) mass is 328 g/mol. The van der Waals surface area contributed by atoms with Crippen LogP contribution in [-0.2, 0) is 0 Å². The first kappa shape index (κ1) is 14.5. The molecule has 4 nitrogen and oxygen atoms in total. The van der Waals surface area contributed by atoms with Crippen LogP contribution < -0.4 is 0 Å². The van der Waals surface area contributed by atoms with Gasteiger partial charge < -0.3 is 0 Å². The normalized spacial score (nSPS) is 10.8. The summed E-state index contributed by atoms with van der Waals surface area (Å²) < 4.78 is 2.06. The Hall–Kier alpha value is -3.10. The van der Waals surface area contributed by atoms with Crippen LogP contribution in [-0.4, -0.2) is 13.9 Å². The predicted octanol–water partition coefficient (Wildman–Crippen LogP) is 4.65. The zero-order valence-electron chi connectivity index (χ0n) is 12.7. The fraction of sp³-hybridized carbons (Fsp3) is 0. The van der Waals surface area contributed by atoms with Crippen LogP contribution in [0, 0.1) is 11.3 Å². The number of fused-ring (bicyclic) bond motifs is 3. The zero-order valence-corrected chi connectivity index (χ0v) is 13.5. The van der Waals surface area contributed by atoms with Gasteiger partial charge in [0.25, 0.3) is 0 Å². The highest BCUT2D eigenvalue weighted by molar-refractivity contribution is 7.98. The molecule has 0 aliphatic rings. The molecule has 0 bridgehead atoms. The van der Waals surface area contributed by atoms with Crippen LogP contribution in [0.1, 0.15) is 11.3 Å². The molecule has 1 aromatic carbocycles. The summed E-state index contributed by atoms with van der Waals surface area (Å²) >= 11 is 1.58. The standard InChI is InChI=1S/C19H12N4S/c1-2-14-16(11-20)22-12-17-18(14)15-9-6-10-21-19(15)23(17)24-13-7-4-3-5-8-13/h2-10,12H,1H2. The Morgan fingerprint density at radius 1 is 1.12 bits per heavy atom. The van der Waals surface area contributed by atoms with Crippen molar-refractivity contribution in [2.75, 3.05) is 0 Å². The number of aromatic nitrogens is 3. The van der Waals surface area contributed by atoms with Crippen molar-refractivity contribution < 1.29 is 0 Å². The van der Waals surface area contributed by atoms with Crippen molar-refractivity contribution in [2.24, 2.45) is 0 Å². The molecule has 0 atom stereocenters. The summed E-state index contributed by atoms with van der Waals surface area (Å²) in [6, 6.07) is 16.2. The Labute approximate surface area is 143 Å². The van der Waals surface area contributed by atoms with Crippen molar-refractivity contribution in [3.05, 3.63) is 72.7 Å². The van der Waals surface area contributed by atoms with E-state index in [0.29, 0.717) is 5.69 Å². The van der Waals surface area contributed by atoms with Gasteiger partial charge in [0.05, 0.1) is 11.7 Å². The maximum Gasteiger partial charge on any atom is 0.151 e. The van der Waals surface area contributed by atoms with Crippen molar-refractivity contribution in [3.63, 3.8) is 0 Å². The molecule has 0 saturated carbocycles. The van der Waals surface area contributed by atoms with Crippen molar-refractivity contribution in [2.45, 2.75) is 4.90 Å². The predicted molar refractivity (Wildman–Crippen MR) is 97.5 cm³/mol. The topological polar surface area (TPSA) is 54.5 Å². The molecule has 3 heterocycles. The van der Waals surface area contributed by atoms with Crippen LogP contribution in [0.4, 0.5) is 0 Å². The molecule has 0 aliphatic carbocycles. The molecule has 4 aromatic rings. The van der Waals surface area contributed by atoms with E-state index in [4.69, 9.17) is 0 Å². The average Bonchev–Trinajstić information content (AvgIpc) is 2.96. The molecule has 0 radical (unpaired) electrons. The Balaban J connectivity index is 2.09. The third-order valence-electron chi connectivity index (χ3n) is 3.81. The summed E-state index contributed by atoms with van der Waals surface area (Å²) in [7, 11) is 0. The molecule has 114 valence electrons. The van der Waals surface area contributed by atoms with Crippen LogP contribution in [0.5, 0.6) is 0 Å². The smallest absolute Gasteiger partial charge is 0.151 e. The van der Waals surface area contributed by atoms with Crippen LogP contribution in [0.2, 0.25) is 0 Å². The van der Waals surface area contributed by atoms with E-state index in [9.17, 15) is 5.26 Å². The van der Waals surface area contributed by atoms with E-state index in [1.165, 1.54) is 0 Å². The first-order chi connectivity index (χ1) is 11.8. The Morgan fingerprint density at radius 3 is 2.71 bits per heavy atom. The SMILES string of the molecule is C=Cc1c(C#N)ncc2c1c1cccnc1n2Sc1ccccc1. The summed E-state index contributed by atoms with van der Waals surface area (Å²) in [5.74, 6) is 0. The molecule has 4 rings (SSSR count). The van der Waals surface area contributed by atoms with Crippen LogP contribution in [0.3, 0.4) is 0 Å². The fourth-order valence-electron chi connectivity index (χ4n) is 2.79. The van der Waals surface area contributed by atoms with Gasteiger partial charge in [-0.3, -0.25) is 3.97 Å². The third kappa shape index (κ3) is 2.16. The lowest BCUT2D eigenvalue weighted by Gasteiger charge is -2.06. The first-order valence-electron chi connectivity index (χ1n) is 7.37. The molecule has 0 amide bonds. The van der Waals surface area contributed by atoms with E-state index < -0.39 is 0 Å². The number of pyridine rings is 2. The van der Waals surface area contributed by atoms with Gasteiger partial charge in [0.15, 0.2) is 5.65 Å². The van der Waals surface area contributed by atoms with Gasteiger partial charge in [0, 0.05) is 27.4 Å². The first-order valence-corrected chi connectivity index (χ1v) is 8.15. The van der Waals surface area contributed by atoms with E-state index in [1.807, 2.05) is 30.3 Å². The van der Waals surface area contributed by atoms with Gasteiger partial charge in [-0.05, 0) is 36.2 Å². The summed E-state index contributed by atoms with van der Waals surface area (Å²) in [5.41, 5.74) is 2.90. The number of rotatable bonds is 3. The number of hydrogen-bond acceptors (Lipinski definition) is 4. The summed E-state index contributed by atoms with van der Waals surface area (Å²) in [4.78, 5) is 9.95. The van der Waals surface area contributed by atoms with E-state index in [-0.39, 0.29) is 0 Å². The highest BCUT2D eigenvalue weighted by atomic mass is 32.2.